The molecule has 0 saturated carbocycles. The van der Waals surface area contributed by atoms with Crippen LogP contribution in [0, 0.1) is 5.92 Å². The highest BCUT2D eigenvalue weighted by molar-refractivity contribution is 5.98. The van der Waals surface area contributed by atoms with Gasteiger partial charge in [0.05, 0.1) is 5.41 Å². The Kier molecular flexibility index (Phi) is 8.30. The standard InChI is InChI=1S/C29H33N5O3/c1-4-20(3)27(30)32-19-21(5-2)22-6-8-24(9-7-22)29(12-16-36-17-13-29)28(35)33-26-18-25(34-37-26)23-10-14-31-15-11-23/h5-11,14-15,18-20H,2,4,12-13,16-17H2,1,3H3,(H2,30,32)(H,33,35)/b21-19+. The number of nitrogens with zero attached hydrogens (tertiary/aromatic N) is 3. The van der Waals surface area contributed by atoms with Crippen molar-refractivity contribution < 1.29 is 14.1 Å². The number of amidine groups is 1. The Morgan fingerprint density at radius 2 is 1.92 bits per heavy atom. The zero-order valence-corrected chi connectivity index (χ0v) is 21.3. The molecule has 0 radical (unpaired) electrons. The third-order valence-corrected chi connectivity index (χ3v) is 6.96. The minimum absolute atomic E-state index is 0.147. The van der Waals surface area contributed by atoms with Gasteiger partial charge in [0.15, 0.2) is 0 Å². The molecule has 0 spiro atoms. The molecule has 8 nitrogen and oxygen atoms in total. The van der Waals surface area contributed by atoms with Crippen molar-refractivity contribution in [1.29, 1.82) is 0 Å². The van der Waals surface area contributed by atoms with Gasteiger partial charge in [-0.1, -0.05) is 55.9 Å². The van der Waals surface area contributed by atoms with Crippen LogP contribution in [-0.4, -0.2) is 35.1 Å². The lowest BCUT2D eigenvalue weighted by molar-refractivity contribution is -0.125. The minimum atomic E-state index is -0.752. The van der Waals surface area contributed by atoms with Gasteiger partial charge in [-0.3, -0.25) is 15.1 Å². The van der Waals surface area contributed by atoms with Crippen molar-refractivity contribution in [2.45, 2.75) is 38.5 Å². The predicted molar refractivity (Wildman–Crippen MR) is 146 cm³/mol. The molecule has 1 aliphatic rings. The number of rotatable bonds is 9. The van der Waals surface area contributed by atoms with Gasteiger partial charge in [0.25, 0.3) is 0 Å². The summed E-state index contributed by atoms with van der Waals surface area (Å²) in [4.78, 5) is 22.1. The summed E-state index contributed by atoms with van der Waals surface area (Å²) in [6.45, 7) is 9.04. The lowest BCUT2D eigenvalue weighted by Gasteiger charge is -2.36. The van der Waals surface area contributed by atoms with Crippen LogP contribution in [0.1, 0.15) is 44.2 Å². The average molecular weight is 500 g/mol. The van der Waals surface area contributed by atoms with Crippen LogP contribution in [0.25, 0.3) is 16.8 Å². The second-order valence-corrected chi connectivity index (χ2v) is 9.19. The third-order valence-electron chi connectivity index (χ3n) is 6.96. The van der Waals surface area contributed by atoms with Crippen molar-refractivity contribution >= 4 is 23.2 Å². The van der Waals surface area contributed by atoms with Crippen molar-refractivity contribution in [3.63, 3.8) is 0 Å². The first-order valence-electron chi connectivity index (χ1n) is 12.5. The topological polar surface area (TPSA) is 116 Å². The van der Waals surface area contributed by atoms with E-state index in [-0.39, 0.29) is 11.8 Å². The lowest BCUT2D eigenvalue weighted by atomic mass is 9.73. The molecule has 1 atom stereocenters. The van der Waals surface area contributed by atoms with Gasteiger partial charge < -0.3 is 15.0 Å². The van der Waals surface area contributed by atoms with E-state index in [0.717, 1.165) is 28.7 Å². The molecular weight excluding hydrogens is 466 g/mol. The summed E-state index contributed by atoms with van der Waals surface area (Å²) in [5.74, 6) is 0.955. The Balaban J connectivity index is 1.57. The summed E-state index contributed by atoms with van der Waals surface area (Å²) < 4.78 is 11.0. The maximum Gasteiger partial charge on any atom is 0.237 e. The highest BCUT2D eigenvalue weighted by Gasteiger charge is 2.42. The molecule has 3 aromatic rings. The summed E-state index contributed by atoms with van der Waals surface area (Å²) in [5, 5.41) is 7.03. The van der Waals surface area contributed by atoms with Crippen molar-refractivity contribution in [3.8, 4) is 11.3 Å². The predicted octanol–water partition coefficient (Wildman–Crippen LogP) is 5.35. The monoisotopic (exact) mass is 499 g/mol. The maximum absolute atomic E-state index is 13.7. The molecule has 8 heteroatoms. The second-order valence-electron chi connectivity index (χ2n) is 9.19. The van der Waals surface area contributed by atoms with Crippen LogP contribution in [0.5, 0.6) is 0 Å². The number of hydrogen-bond donors (Lipinski definition) is 2. The number of nitrogens with one attached hydrogen (secondary N) is 1. The summed E-state index contributed by atoms with van der Waals surface area (Å²) in [7, 11) is 0. The third kappa shape index (κ3) is 5.86. The molecule has 37 heavy (non-hydrogen) atoms. The lowest BCUT2D eigenvalue weighted by Crippen LogP contribution is -2.44. The fourth-order valence-electron chi connectivity index (χ4n) is 4.30. The molecule has 1 amide bonds. The van der Waals surface area contributed by atoms with E-state index in [1.54, 1.807) is 30.7 Å². The Bertz CT molecular complexity index is 1270. The van der Waals surface area contributed by atoms with Crippen molar-refractivity contribution in [2.24, 2.45) is 16.6 Å². The first-order valence-corrected chi connectivity index (χ1v) is 12.5. The maximum atomic E-state index is 13.7. The molecule has 192 valence electrons. The number of aliphatic imine (C=N–C) groups is 1. The number of ether oxygens (including phenoxy) is 1. The van der Waals surface area contributed by atoms with E-state index in [9.17, 15) is 4.79 Å². The van der Waals surface area contributed by atoms with Crippen molar-refractivity contribution in [3.05, 3.63) is 84.8 Å². The van der Waals surface area contributed by atoms with Crippen LogP contribution in [0.3, 0.4) is 0 Å². The largest absolute Gasteiger partial charge is 0.387 e. The van der Waals surface area contributed by atoms with Crippen LogP contribution >= 0.6 is 0 Å². The van der Waals surface area contributed by atoms with Gasteiger partial charge in [0, 0.05) is 49.4 Å². The molecule has 4 rings (SSSR count). The number of nitrogens with two attached hydrogens (primary N) is 1. The number of benzene rings is 1. The number of amides is 1. The number of pyridine rings is 1. The minimum Gasteiger partial charge on any atom is -0.387 e. The summed E-state index contributed by atoms with van der Waals surface area (Å²) in [6, 6.07) is 13.3. The van der Waals surface area contributed by atoms with Crippen molar-refractivity contribution in [1.82, 2.24) is 10.1 Å². The number of carbonyl (C=O) groups excluding carboxylic acids is 1. The SMILES string of the molecule is C=C/C(=C\N=C(N)C(C)CC)c1ccc(C2(C(=O)Nc3cc(-c4ccncc4)no3)CCOCC2)cc1. The second kappa shape index (κ2) is 11.8. The molecular formula is C29H33N5O3. The summed E-state index contributed by atoms with van der Waals surface area (Å²) in [6.07, 6.45) is 8.90. The normalized spacial score (nSPS) is 16.7. The Labute approximate surface area is 217 Å². The van der Waals surface area contributed by atoms with Crippen LogP contribution < -0.4 is 11.1 Å². The smallest absolute Gasteiger partial charge is 0.237 e. The molecule has 3 N–H and O–H groups in total. The molecule has 3 heterocycles. The number of carbonyl (C=O) groups is 1. The number of hydrogen-bond acceptors (Lipinski definition) is 6. The van der Waals surface area contributed by atoms with Crippen LogP contribution in [0.2, 0.25) is 0 Å². The number of anilines is 1. The molecule has 1 fully saturated rings. The zero-order valence-electron chi connectivity index (χ0n) is 21.3. The Morgan fingerprint density at radius 1 is 1.22 bits per heavy atom. The number of allylic oxidation sites excluding steroid dienone is 2. The van der Waals surface area contributed by atoms with Gasteiger partial charge in [0.1, 0.15) is 11.5 Å². The molecule has 1 unspecified atom stereocenters. The van der Waals surface area contributed by atoms with Crippen LogP contribution in [0.15, 0.2) is 83.2 Å². The van der Waals surface area contributed by atoms with E-state index in [4.69, 9.17) is 15.0 Å². The van der Waals surface area contributed by atoms with E-state index in [0.29, 0.717) is 43.5 Å². The van der Waals surface area contributed by atoms with Crippen molar-refractivity contribution in [2.75, 3.05) is 18.5 Å². The quantitative estimate of drug-likeness (QED) is 0.233. The first-order chi connectivity index (χ1) is 18.0. The van der Waals surface area contributed by atoms with Gasteiger partial charge in [-0.15, -0.1) is 0 Å². The summed E-state index contributed by atoms with van der Waals surface area (Å²) in [5.41, 5.74) is 9.53. The summed E-state index contributed by atoms with van der Waals surface area (Å²) >= 11 is 0. The average Bonchev–Trinajstić information content (AvgIpc) is 3.42. The highest BCUT2D eigenvalue weighted by atomic mass is 16.5. The highest BCUT2D eigenvalue weighted by Crippen LogP contribution is 2.37. The van der Waals surface area contributed by atoms with Gasteiger partial charge in [-0.05, 0) is 48.1 Å². The van der Waals surface area contributed by atoms with Crippen LogP contribution in [-0.2, 0) is 14.9 Å². The van der Waals surface area contributed by atoms with Crippen LogP contribution in [0.4, 0.5) is 5.88 Å². The zero-order chi connectivity index (χ0) is 26.3. The molecule has 1 aromatic carbocycles. The molecule has 0 aliphatic carbocycles. The fraction of sp³-hybridized carbons (Fsp3) is 0.310. The Hall–Kier alpha value is -4.04. The van der Waals surface area contributed by atoms with Gasteiger partial charge >= 0.3 is 0 Å². The van der Waals surface area contributed by atoms with Gasteiger partial charge in [0.2, 0.25) is 11.8 Å². The number of aromatic nitrogens is 2. The first kappa shape index (κ1) is 26.0. The molecule has 1 saturated heterocycles. The molecule has 0 bridgehead atoms. The van der Waals surface area contributed by atoms with E-state index < -0.39 is 5.41 Å². The fourth-order valence-corrected chi connectivity index (χ4v) is 4.30. The Morgan fingerprint density at radius 3 is 2.57 bits per heavy atom. The molecule has 1 aliphatic heterocycles. The van der Waals surface area contributed by atoms with E-state index >= 15 is 0 Å². The molecule has 2 aromatic heterocycles. The van der Waals surface area contributed by atoms with E-state index in [2.05, 4.69) is 34.0 Å². The van der Waals surface area contributed by atoms with Gasteiger partial charge in [-0.25, -0.2) is 4.99 Å². The van der Waals surface area contributed by atoms with E-state index in [1.807, 2.05) is 43.3 Å². The van der Waals surface area contributed by atoms with Gasteiger partial charge in [-0.2, -0.15) is 0 Å². The van der Waals surface area contributed by atoms with E-state index in [1.165, 1.54) is 0 Å².